The molecule has 0 bridgehead atoms. The molecule has 0 fully saturated rings. The van der Waals surface area contributed by atoms with Gasteiger partial charge in [0.05, 0.1) is 0 Å². The van der Waals surface area contributed by atoms with Crippen LogP contribution >= 0.6 is 0 Å². The Balaban J connectivity index is 2.66. The van der Waals surface area contributed by atoms with E-state index in [1.54, 1.807) is 23.3 Å². The summed E-state index contributed by atoms with van der Waals surface area (Å²) in [5, 5.41) is 0. The molecule has 0 saturated heterocycles. The Labute approximate surface area is 128 Å². The van der Waals surface area contributed by atoms with Gasteiger partial charge in [-0.3, -0.25) is 13.9 Å². The maximum absolute atomic E-state index is 12.6. The van der Waals surface area contributed by atoms with E-state index in [1.807, 2.05) is 6.92 Å². The Morgan fingerprint density at radius 3 is 2.50 bits per heavy atom. The normalized spacial score (nSPS) is 11.5. The van der Waals surface area contributed by atoms with E-state index in [-0.39, 0.29) is 11.2 Å². The zero-order chi connectivity index (χ0) is 16.3. The van der Waals surface area contributed by atoms with Crippen molar-refractivity contribution in [3.63, 3.8) is 0 Å². The number of aryl methyl sites for hydroxylation is 3. The fourth-order valence-corrected chi connectivity index (χ4v) is 2.49. The number of aromatic nitrogens is 4. The predicted octanol–water partition coefficient (Wildman–Crippen LogP) is -0.410. The highest BCUT2D eigenvalue weighted by Crippen LogP contribution is 2.09. The summed E-state index contributed by atoms with van der Waals surface area (Å²) in [4.78, 5) is 29.6. The number of hydrogen-bond donors (Lipinski definition) is 1. The number of methoxy groups -OCH3 is 1. The lowest BCUT2D eigenvalue weighted by molar-refractivity contribution is 0.190. The van der Waals surface area contributed by atoms with Crippen molar-refractivity contribution in [2.45, 2.75) is 32.9 Å². The summed E-state index contributed by atoms with van der Waals surface area (Å²) in [5.74, 6) is 0.698. The van der Waals surface area contributed by atoms with Crippen LogP contribution in [0, 0.1) is 6.92 Å². The first-order valence-electron chi connectivity index (χ1n) is 7.38. The van der Waals surface area contributed by atoms with Crippen molar-refractivity contribution in [3.05, 3.63) is 26.7 Å². The van der Waals surface area contributed by atoms with Gasteiger partial charge in [-0.2, -0.15) is 0 Å². The summed E-state index contributed by atoms with van der Waals surface area (Å²) in [6, 6.07) is 0. The fourth-order valence-electron chi connectivity index (χ4n) is 2.49. The van der Waals surface area contributed by atoms with Gasteiger partial charge in [-0.05, 0) is 26.3 Å². The molecule has 2 aromatic rings. The zero-order valence-electron chi connectivity index (χ0n) is 13.3. The molecule has 8 heteroatoms. The third kappa shape index (κ3) is 2.84. The van der Waals surface area contributed by atoms with Crippen LogP contribution in [0.25, 0.3) is 11.2 Å². The summed E-state index contributed by atoms with van der Waals surface area (Å²) in [5.41, 5.74) is 5.75. The molecule has 0 atom stereocenters. The first kappa shape index (κ1) is 16.4. The van der Waals surface area contributed by atoms with Gasteiger partial charge < -0.3 is 15.0 Å². The number of ether oxygens (including phenoxy) is 1. The molecule has 0 aromatic carbocycles. The highest BCUT2D eigenvalue weighted by molar-refractivity contribution is 5.70. The molecule has 0 aliphatic rings. The molecule has 0 amide bonds. The Hall–Kier alpha value is -1.93. The molecule has 0 unspecified atom stereocenters. The molecular weight excluding hydrogens is 286 g/mol. The van der Waals surface area contributed by atoms with E-state index >= 15 is 0 Å². The number of fused-ring (bicyclic) bond motifs is 1. The Morgan fingerprint density at radius 1 is 1.18 bits per heavy atom. The van der Waals surface area contributed by atoms with Crippen molar-refractivity contribution in [3.8, 4) is 0 Å². The maximum atomic E-state index is 12.6. The van der Waals surface area contributed by atoms with Gasteiger partial charge in [0.15, 0.2) is 11.2 Å². The number of rotatable bonds is 7. The summed E-state index contributed by atoms with van der Waals surface area (Å²) in [6.07, 6.45) is 1.26. The molecule has 122 valence electrons. The van der Waals surface area contributed by atoms with Gasteiger partial charge in [0.2, 0.25) is 0 Å². The minimum absolute atomic E-state index is 0.306. The van der Waals surface area contributed by atoms with Crippen LogP contribution in [-0.2, 0) is 24.9 Å². The third-order valence-electron chi connectivity index (χ3n) is 3.78. The van der Waals surface area contributed by atoms with Gasteiger partial charge >= 0.3 is 5.69 Å². The van der Waals surface area contributed by atoms with Crippen LogP contribution in [0.2, 0.25) is 0 Å². The minimum Gasteiger partial charge on any atom is -0.385 e. The Morgan fingerprint density at radius 2 is 1.86 bits per heavy atom. The van der Waals surface area contributed by atoms with Gasteiger partial charge in [-0.15, -0.1) is 0 Å². The van der Waals surface area contributed by atoms with Crippen molar-refractivity contribution in [1.29, 1.82) is 0 Å². The number of hydrogen-bond acceptors (Lipinski definition) is 5. The Kier molecular flexibility index (Phi) is 5.15. The van der Waals surface area contributed by atoms with Crippen molar-refractivity contribution in [2.24, 2.45) is 12.8 Å². The van der Waals surface area contributed by atoms with Crippen LogP contribution in [0.5, 0.6) is 0 Å². The van der Waals surface area contributed by atoms with Crippen molar-refractivity contribution in [2.75, 3.05) is 20.3 Å². The minimum atomic E-state index is -0.333. The largest absolute Gasteiger partial charge is 0.385 e. The average Bonchev–Trinajstić information content (AvgIpc) is 2.78. The molecule has 22 heavy (non-hydrogen) atoms. The lowest BCUT2D eigenvalue weighted by Gasteiger charge is -2.11. The van der Waals surface area contributed by atoms with E-state index in [4.69, 9.17) is 10.5 Å². The van der Waals surface area contributed by atoms with Gasteiger partial charge in [0.1, 0.15) is 5.82 Å². The number of nitrogens with zero attached hydrogens (tertiary/aromatic N) is 4. The molecule has 2 N–H and O–H groups in total. The standard InChI is InChI=1S/C14H23N5O3/c1-10-16-12-11(17(10)2)13(20)19(7-4-6-15)14(21)18(12)8-5-9-22-3/h4-9,15H2,1-3H3. The highest BCUT2D eigenvalue weighted by Gasteiger charge is 2.18. The fraction of sp³-hybridized carbons (Fsp3) is 0.643. The molecule has 0 saturated carbocycles. The van der Waals surface area contributed by atoms with E-state index < -0.39 is 0 Å². The molecule has 0 aliphatic carbocycles. The van der Waals surface area contributed by atoms with Crippen molar-refractivity contribution in [1.82, 2.24) is 18.7 Å². The van der Waals surface area contributed by atoms with E-state index in [1.165, 1.54) is 4.57 Å². The lowest BCUT2D eigenvalue weighted by atomic mass is 10.4. The molecule has 0 spiro atoms. The van der Waals surface area contributed by atoms with Crippen molar-refractivity contribution >= 4 is 11.2 Å². The molecule has 0 radical (unpaired) electrons. The van der Waals surface area contributed by atoms with Crippen LogP contribution in [0.1, 0.15) is 18.7 Å². The van der Waals surface area contributed by atoms with Gasteiger partial charge in [0.25, 0.3) is 5.56 Å². The predicted molar refractivity (Wildman–Crippen MR) is 84.1 cm³/mol. The molecule has 2 rings (SSSR count). The second-order valence-corrected chi connectivity index (χ2v) is 5.27. The monoisotopic (exact) mass is 309 g/mol. The topological polar surface area (TPSA) is 97.1 Å². The quantitative estimate of drug-likeness (QED) is 0.701. The summed E-state index contributed by atoms with van der Waals surface area (Å²) >= 11 is 0. The second-order valence-electron chi connectivity index (χ2n) is 5.27. The number of nitrogens with two attached hydrogens (primary N) is 1. The van der Waals surface area contributed by atoms with E-state index in [9.17, 15) is 9.59 Å². The third-order valence-corrected chi connectivity index (χ3v) is 3.78. The molecule has 0 aliphatic heterocycles. The zero-order valence-corrected chi connectivity index (χ0v) is 13.3. The molecule has 2 heterocycles. The number of imidazole rings is 1. The SMILES string of the molecule is COCCCn1c(=O)n(CCCN)c(=O)c2c1nc(C)n2C. The smallest absolute Gasteiger partial charge is 0.332 e. The molecule has 8 nitrogen and oxygen atoms in total. The van der Waals surface area contributed by atoms with Crippen LogP contribution in [-0.4, -0.2) is 38.9 Å². The van der Waals surface area contributed by atoms with Gasteiger partial charge in [0, 0.05) is 33.9 Å². The maximum Gasteiger partial charge on any atom is 0.332 e. The van der Waals surface area contributed by atoms with E-state index in [0.717, 1.165) is 0 Å². The van der Waals surface area contributed by atoms with Crippen LogP contribution in [0.4, 0.5) is 0 Å². The van der Waals surface area contributed by atoms with Gasteiger partial charge in [-0.1, -0.05) is 0 Å². The van der Waals surface area contributed by atoms with Crippen LogP contribution < -0.4 is 17.0 Å². The van der Waals surface area contributed by atoms with E-state index in [0.29, 0.717) is 56.1 Å². The van der Waals surface area contributed by atoms with Crippen LogP contribution in [0.3, 0.4) is 0 Å². The average molecular weight is 309 g/mol. The Bertz CT molecular complexity index is 771. The van der Waals surface area contributed by atoms with Crippen molar-refractivity contribution < 1.29 is 4.74 Å². The highest BCUT2D eigenvalue weighted by atomic mass is 16.5. The van der Waals surface area contributed by atoms with E-state index in [2.05, 4.69) is 4.98 Å². The molecule has 2 aromatic heterocycles. The van der Waals surface area contributed by atoms with Crippen LogP contribution in [0.15, 0.2) is 9.59 Å². The van der Waals surface area contributed by atoms with Gasteiger partial charge in [-0.25, -0.2) is 9.78 Å². The second kappa shape index (κ2) is 6.89. The lowest BCUT2D eigenvalue weighted by Crippen LogP contribution is -2.41. The first-order valence-corrected chi connectivity index (χ1v) is 7.38. The summed E-state index contributed by atoms with van der Waals surface area (Å²) < 4.78 is 9.57. The molecular formula is C14H23N5O3. The summed E-state index contributed by atoms with van der Waals surface area (Å²) in [6.45, 7) is 3.56. The first-order chi connectivity index (χ1) is 10.5. The summed E-state index contributed by atoms with van der Waals surface area (Å²) in [7, 11) is 3.40.